The predicted octanol–water partition coefficient (Wildman–Crippen LogP) is 2.05. The monoisotopic (exact) mass is 261 g/mol. The van der Waals surface area contributed by atoms with Crippen molar-refractivity contribution in [1.29, 1.82) is 0 Å². The number of aldehydes is 1. The molecule has 2 aromatic heterocycles. The van der Waals surface area contributed by atoms with Gasteiger partial charge in [0.05, 0.1) is 12.7 Å². The van der Waals surface area contributed by atoms with Crippen LogP contribution >= 0.6 is 0 Å². The van der Waals surface area contributed by atoms with Crippen LogP contribution in [0.15, 0.2) is 30.5 Å². The molecule has 0 aliphatic heterocycles. The van der Waals surface area contributed by atoms with Crippen molar-refractivity contribution in [2.75, 3.05) is 12.4 Å². The van der Waals surface area contributed by atoms with Gasteiger partial charge in [-0.05, 0) is 17.7 Å². The third kappa shape index (κ3) is 3.25. The van der Waals surface area contributed by atoms with Crippen LogP contribution in [-0.4, -0.2) is 23.4 Å². The number of pyridine rings is 2. The molecule has 6 heteroatoms. The van der Waals surface area contributed by atoms with Crippen molar-refractivity contribution >= 4 is 12.1 Å². The number of anilines is 1. The highest BCUT2D eigenvalue weighted by Crippen LogP contribution is 2.11. The molecule has 0 fully saturated rings. The zero-order chi connectivity index (χ0) is 13.7. The van der Waals surface area contributed by atoms with E-state index in [1.807, 2.05) is 6.07 Å². The SMILES string of the molecule is COc1ccc(CNc2ccc(C=O)c(F)n2)cn1. The van der Waals surface area contributed by atoms with Crippen LogP contribution in [0.3, 0.4) is 0 Å². The Hall–Kier alpha value is -2.50. The van der Waals surface area contributed by atoms with E-state index in [1.54, 1.807) is 25.4 Å². The molecule has 0 amide bonds. The summed E-state index contributed by atoms with van der Waals surface area (Å²) in [5, 5.41) is 2.94. The average molecular weight is 261 g/mol. The summed E-state index contributed by atoms with van der Waals surface area (Å²) in [7, 11) is 1.54. The molecule has 5 nitrogen and oxygen atoms in total. The third-order valence-corrected chi connectivity index (χ3v) is 2.48. The second-order valence-electron chi connectivity index (χ2n) is 3.76. The van der Waals surface area contributed by atoms with Crippen LogP contribution in [-0.2, 0) is 6.54 Å². The van der Waals surface area contributed by atoms with Crippen LogP contribution in [0.5, 0.6) is 5.88 Å². The zero-order valence-corrected chi connectivity index (χ0v) is 10.3. The molecule has 0 saturated carbocycles. The summed E-state index contributed by atoms with van der Waals surface area (Å²) in [4.78, 5) is 18.1. The van der Waals surface area contributed by atoms with Crippen molar-refractivity contribution in [3.63, 3.8) is 0 Å². The standard InChI is InChI=1S/C13H12FN3O2/c1-19-12-5-2-9(7-16-12)6-15-11-4-3-10(8-18)13(14)17-11/h2-5,7-8H,6H2,1H3,(H,15,17). The van der Waals surface area contributed by atoms with Crippen molar-refractivity contribution < 1.29 is 13.9 Å². The summed E-state index contributed by atoms with van der Waals surface area (Å²) in [6.07, 6.45) is 2.08. The molecule has 0 aromatic carbocycles. The number of hydrogen-bond acceptors (Lipinski definition) is 5. The van der Waals surface area contributed by atoms with Gasteiger partial charge >= 0.3 is 0 Å². The van der Waals surface area contributed by atoms with Crippen molar-refractivity contribution in [1.82, 2.24) is 9.97 Å². The molecular weight excluding hydrogens is 249 g/mol. The number of aromatic nitrogens is 2. The molecule has 0 atom stereocenters. The van der Waals surface area contributed by atoms with Crippen LogP contribution in [0.2, 0.25) is 0 Å². The molecule has 0 bridgehead atoms. The fourth-order valence-electron chi connectivity index (χ4n) is 1.46. The van der Waals surface area contributed by atoms with Crippen LogP contribution in [0.25, 0.3) is 0 Å². The predicted molar refractivity (Wildman–Crippen MR) is 67.7 cm³/mol. The van der Waals surface area contributed by atoms with Gasteiger partial charge in [-0.2, -0.15) is 4.39 Å². The second-order valence-corrected chi connectivity index (χ2v) is 3.76. The van der Waals surface area contributed by atoms with E-state index in [-0.39, 0.29) is 5.56 Å². The lowest BCUT2D eigenvalue weighted by molar-refractivity contribution is 0.111. The Balaban J connectivity index is 2.01. The summed E-state index contributed by atoms with van der Waals surface area (Å²) in [6.45, 7) is 0.448. The van der Waals surface area contributed by atoms with E-state index in [2.05, 4.69) is 15.3 Å². The normalized spacial score (nSPS) is 10.0. The first kappa shape index (κ1) is 12.9. The van der Waals surface area contributed by atoms with Gasteiger partial charge < -0.3 is 10.1 Å². The van der Waals surface area contributed by atoms with Gasteiger partial charge in [0.1, 0.15) is 5.82 Å². The highest BCUT2D eigenvalue weighted by molar-refractivity contribution is 5.74. The first-order valence-corrected chi connectivity index (χ1v) is 5.57. The van der Waals surface area contributed by atoms with Gasteiger partial charge in [0.15, 0.2) is 6.29 Å². The molecule has 0 aliphatic rings. The number of methoxy groups -OCH3 is 1. The molecule has 1 N–H and O–H groups in total. The van der Waals surface area contributed by atoms with E-state index in [1.165, 1.54) is 6.07 Å². The number of carbonyl (C=O) groups is 1. The van der Waals surface area contributed by atoms with Gasteiger partial charge in [0.2, 0.25) is 11.8 Å². The molecule has 0 spiro atoms. The third-order valence-electron chi connectivity index (χ3n) is 2.48. The number of ether oxygens (including phenoxy) is 1. The lowest BCUT2D eigenvalue weighted by Crippen LogP contribution is -2.04. The van der Waals surface area contributed by atoms with Crippen LogP contribution in [0.1, 0.15) is 15.9 Å². The number of halogens is 1. The van der Waals surface area contributed by atoms with Crippen molar-refractivity contribution in [3.05, 3.63) is 47.5 Å². The van der Waals surface area contributed by atoms with E-state index in [0.717, 1.165) is 5.56 Å². The maximum absolute atomic E-state index is 13.3. The van der Waals surface area contributed by atoms with Crippen LogP contribution in [0.4, 0.5) is 10.2 Å². The summed E-state index contributed by atoms with van der Waals surface area (Å²) in [6, 6.07) is 6.50. The van der Waals surface area contributed by atoms with E-state index in [9.17, 15) is 9.18 Å². The molecule has 0 unspecified atom stereocenters. The second kappa shape index (κ2) is 5.90. The first-order chi connectivity index (χ1) is 9.22. The maximum atomic E-state index is 13.3. The summed E-state index contributed by atoms with van der Waals surface area (Å²) in [5.41, 5.74) is 0.846. The van der Waals surface area contributed by atoms with Crippen molar-refractivity contribution in [3.8, 4) is 5.88 Å². The van der Waals surface area contributed by atoms with E-state index >= 15 is 0 Å². The Morgan fingerprint density at radius 3 is 2.79 bits per heavy atom. The van der Waals surface area contributed by atoms with Crippen LogP contribution < -0.4 is 10.1 Å². The maximum Gasteiger partial charge on any atom is 0.225 e. The molecule has 2 aromatic rings. The minimum atomic E-state index is -0.784. The Kier molecular flexibility index (Phi) is 4.02. The minimum absolute atomic E-state index is 0.0586. The number of nitrogens with one attached hydrogen (secondary N) is 1. The summed E-state index contributed by atoms with van der Waals surface area (Å²) < 4.78 is 18.2. The average Bonchev–Trinajstić information content (AvgIpc) is 2.46. The molecule has 0 radical (unpaired) electrons. The Labute approximate surface area is 109 Å². The van der Waals surface area contributed by atoms with Crippen LogP contribution in [0, 0.1) is 5.95 Å². The first-order valence-electron chi connectivity index (χ1n) is 5.57. The van der Waals surface area contributed by atoms with E-state index < -0.39 is 5.95 Å². The van der Waals surface area contributed by atoms with E-state index in [0.29, 0.717) is 24.5 Å². The topological polar surface area (TPSA) is 64.1 Å². The van der Waals surface area contributed by atoms with Gasteiger partial charge in [-0.15, -0.1) is 0 Å². The molecule has 2 heterocycles. The lowest BCUT2D eigenvalue weighted by atomic mass is 10.2. The Bertz CT molecular complexity index is 573. The highest BCUT2D eigenvalue weighted by Gasteiger charge is 2.04. The fourth-order valence-corrected chi connectivity index (χ4v) is 1.46. The molecule has 19 heavy (non-hydrogen) atoms. The van der Waals surface area contributed by atoms with Gasteiger partial charge in [-0.1, -0.05) is 6.07 Å². The van der Waals surface area contributed by atoms with Gasteiger partial charge in [-0.3, -0.25) is 4.79 Å². The van der Waals surface area contributed by atoms with Crippen molar-refractivity contribution in [2.45, 2.75) is 6.54 Å². The lowest BCUT2D eigenvalue weighted by Gasteiger charge is -2.06. The smallest absolute Gasteiger partial charge is 0.225 e. The molecule has 0 aliphatic carbocycles. The van der Waals surface area contributed by atoms with Gasteiger partial charge in [0, 0.05) is 18.8 Å². The molecular formula is C13H12FN3O2. The zero-order valence-electron chi connectivity index (χ0n) is 10.3. The summed E-state index contributed by atoms with van der Waals surface area (Å²) in [5.74, 6) is 0.107. The molecule has 98 valence electrons. The largest absolute Gasteiger partial charge is 0.481 e. The number of carbonyl (C=O) groups excluding carboxylic acids is 1. The summed E-state index contributed by atoms with van der Waals surface area (Å²) >= 11 is 0. The Morgan fingerprint density at radius 1 is 1.37 bits per heavy atom. The van der Waals surface area contributed by atoms with Gasteiger partial charge in [-0.25, -0.2) is 9.97 Å². The quantitative estimate of drug-likeness (QED) is 0.659. The number of hydrogen-bond donors (Lipinski definition) is 1. The number of rotatable bonds is 5. The van der Waals surface area contributed by atoms with E-state index in [4.69, 9.17) is 4.74 Å². The highest BCUT2D eigenvalue weighted by atomic mass is 19.1. The fraction of sp³-hybridized carbons (Fsp3) is 0.154. The van der Waals surface area contributed by atoms with Crippen molar-refractivity contribution in [2.24, 2.45) is 0 Å². The van der Waals surface area contributed by atoms with Gasteiger partial charge in [0.25, 0.3) is 0 Å². The molecule has 0 saturated heterocycles. The number of nitrogens with zero attached hydrogens (tertiary/aromatic N) is 2. The minimum Gasteiger partial charge on any atom is -0.481 e. The molecule has 2 rings (SSSR count). The Morgan fingerprint density at radius 2 is 2.21 bits per heavy atom.